The van der Waals surface area contributed by atoms with Gasteiger partial charge in [-0.15, -0.1) is 0 Å². The molecular formula is C12H17FN2O. The van der Waals surface area contributed by atoms with Gasteiger partial charge in [-0.2, -0.15) is 0 Å². The lowest BCUT2D eigenvalue weighted by atomic mass is 10.1. The fraction of sp³-hybridized carbons (Fsp3) is 0.417. The number of halogens is 1. The van der Waals surface area contributed by atoms with Crippen molar-refractivity contribution in [1.82, 2.24) is 10.6 Å². The summed E-state index contributed by atoms with van der Waals surface area (Å²) in [5.41, 5.74) is 1.97. The Kier molecular flexibility index (Phi) is 4.76. The smallest absolute Gasteiger partial charge is 0.314 e. The monoisotopic (exact) mass is 224 g/mol. The molecule has 0 fully saturated rings. The second-order valence-electron chi connectivity index (χ2n) is 3.61. The molecule has 1 aromatic rings. The number of rotatable bonds is 4. The maximum Gasteiger partial charge on any atom is 0.314 e. The summed E-state index contributed by atoms with van der Waals surface area (Å²) in [5, 5.41) is 5.38. The zero-order valence-corrected chi connectivity index (χ0v) is 9.64. The number of hydrogen-bond donors (Lipinski definition) is 2. The van der Waals surface area contributed by atoms with E-state index in [0.29, 0.717) is 19.5 Å². The molecule has 3 nitrogen and oxygen atoms in total. The molecular weight excluding hydrogens is 207 g/mol. The SMILES string of the molecule is CCNC(=O)NCCc1ccc(F)cc1C. The van der Waals surface area contributed by atoms with E-state index in [-0.39, 0.29) is 11.8 Å². The zero-order chi connectivity index (χ0) is 12.0. The maximum absolute atomic E-state index is 12.8. The summed E-state index contributed by atoms with van der Waals surface area (Å²) >= 11 is 0. The molecule has 4 heteroatoms. The zero-order valence-electron chi connectivity index (χ0n) is 9.64. The van der Waals surface area contributed by atoms with Gasteiger partial charge in [0.15, 0.2) is 0 Å². The third-order valence-electron chi connectivity index (χ3n) is 2.32. The van der Waals surface area contributed by atoms with Gasteiger partial charge in [-0.3, -0.25) is 0 Å². The summed E-state index contributed by atoms with van der Waals surface area (Å²) in [4.78, 5) is 11.1. The predicted molar refractivity (Wildman–Crippen MR) is 61.9 cm³/mol. The molecule has 0 spiro atoms. The van der Waals surface area contributed by atoms with Crippen LogP contribution in [0.5, 0.6) is 0 Å². The van der Waals surface area contributed by atoms with Gasteiger partial charge in [0.05, 0.1) is 0 Å². The molecule has 0 radical (unpaired) electrons. The Bertz CT molecular complexity index is 366. The number of aryl methyl sites for hydroxylation is 1. The Hall–Kier alpha value is -1.58. The van der Waals surface area contributed by atoms with Gasteiger partial charge in [0, 0.05) is 13.1 Å². The van der Waals surface area contributed by atoms with Gasteiger partial charge in [-0.05, 0) is 43.5 Å². The predicted octanol–water partition coefficient (Wildman–Crippen LogP) is 2.00. The molecule has 0 aromatic heterocycles. The Morgan fingerprint density at radius 2 is 2.12 bits per heavy atom. The lowest BCUT2D eigenvalue weighted by Gasteiger charge is -2.08. The molecule has 0 bridgehead atoms. The second-order valence-corrected chi connectivity index (χ2v) is 3.61. The molecule has 1 aromatic carbocycles. The lowest BCUT2D eigenvalue weighted by Crippen LogP contribution is -2.36. The van der Waals surface area contributed by atoms with E-state index >= 15 is 0 Å². The summed E-state index contributed by atoms with van der Waals surface area (Å²) in [6.07, 6.45) is 0.712. The van der Waals surface area contributed by atoms with Crippen LogP contribution in [0.3, 0.4) is 0 Å². The number of nitrogens with one attached hydrogen (secondary N) is 2. The molecule has 0 saturated heterocycles. The van der Waals surface area contributed by atoms with Crippen LogP contribution in [0, 0.1) is 12.7 Å². The van der Waals surface area contributed by atoms with Crippen molar-refractivity contribution in [3.8, 4) is 0 Å². The topological polar surface area (TPSA) is 41.1 Å². The van der Waals surface area contributed by atoms with Crippen molar-refractivity contribution < 1.29 is 9.18 Å². The van der Waals surface area contributed by atoms with Crippen LogP contribution >= 0.6 is 0 Å². The number of carbonyl (C=O) groups excluding carboxylic acids is 1. The Morgan fingerprint density at radius 3 is 2.75 bits per heavy atom. The van der Waals surface area contributed by atoms with E-state index in [0.717, 1.165) is 11.1 Å². The largest absolute Gasteiger partial charge is 0.338 e. The first-order valence-corrected chi connectivity index (χ1v) is 5.40. The molecule has 0 heterocycles. The van der Waals surface area contributed by atoms with E-state index in [1.807, 2.05) is 13.8 Å². The molecule has 0 unspecified atom stereocenters. The molecule has 88 valence electrons. The minimum Gasteiger partial charge on any atom is -0.338 e. The van der Waals surface area contributed by atoms with E-state index in [9.17, 15) is 9.18 Å². The normalized spacial score (nSPS) is 9.94. The van der Waals surface area contributed by atoms with E-state index in [1.54, 1.807) is 6.07 Å². The first-order valence-electron chi connectivity index (χ1n) is 5.40. The summed E-state index contributed by atoms with van der Waals surface area (Å²) in [7, 11) is 0. The molecule has 2 N–H and O–H groups in total. The number of hydrogen-bond acceptors (Lipinski definition) is 1. The summed E-state index contributed by atoms with van der Waals surface area (Å²) in [5.74, 6) is -0.224. The van der Waals surface area contributed by atoms with Crippen LogP contribution in [0.4, 0.5) is 9.18 Å². The maximum atomic E-state index is 12.8. The Balaban J connectivity index is 2.40. The van der Waals surface area contributed by atoms with Crippen LogP contribution in [0.25, 0.3) is 0 Å². The van der Waals surface area contributed by atoms with Crippen LogP contribution in [0.2, 0.25) is 0 Å². The molecule has 0 atom stereocenters. The van der Waals surface area contributed by atoms with Crippen molar-refractivity contribution in [3.63, 3.8) is 0 Å². The van der Waals surface area contributed by atoms with E-state index < -0.39 is 0 Å². The second kappa shape index (κ2) is 6.10. The van der Waals surface area contributed by atoms with Crippen LogP contribution in [0.15, 0.2) is 18.2 Å². The standard InChI is InChI=1S/C12H17FN2O/c1-3-14-12(16)15-7-6-10-4-5-11(13)8-9(10)2/h4-5,8H,3,6-7H2,1-2H3,(H2,14,15,16). The molecule has 0 aliphatic rings. The molecule has 0 aliphatic heterocycles. The minimum absolute atomic E-state index is 0.165. The van der Waals surface area contributed by atoms with Crippen LogP contribution in [0.1, 0.15) is 18.1 Å². The van der Waals surface area contributed by atoms with Crippen molar-refractivity contribution >= 4 is 6.03 Å². The average molecular weight is 224 g/mol. The first kappa shape index (κ1) is 12.5. The van der Waals surface area contributed by atoms with Gasteiger partial charge >= 0.3 is 6.03 Å². The minimum atomic E-state index is -0.224. The van der Waals surface area contributed by atoms with Gasteiger partial charge in [0.25, 0.3) is 0 Å². The third kappa shape index (κ3) is 3.88. The lowest BCUT2D eigenvalue weighted by molar-refractivity contribution is 0.241. The highest BCUT2D eigenvalue weighted by molar-refractivity contribution is 5.73. The van der Waals surface area contributed by atoms with Crippen LogP contribution in [-0.4, -0.2) is 19.1 Å². The summed E-state index contributed by atoms with van der Waals surface area (Å²) in [6.45, 7) is 4.90. The molecule has 0 saturated carbocycles. The highest BCUT2D eigenvalue weighted by Crippen LogP contribution is 2.10. The Labute approximate surface area is 95.0 Å². The molecule has 1 rings (SSSR count). The summed E-state index contributed by atoms with van der Waals surface area (Å²) in [6, 6.07) is 4.53. The first-order chi connectivity index (χ1) is 7.63. The van der Waals surface area contributed by atoms with Crippen molar-refractivity contribution in [2.24, 2.45) is 0 Å². The Morgan fingerprint density at radius 1 is 1.38 bits per heavy atom. The van der Waals surface area contributed by atoms with Crippen molar-refractivity contribution in [2.45, 2.75) is 20.3 Å². The van der Waals surface area contributed by atoms with E-state index in [4.69, 9.17) is 0 Å². The summed E-state index contributed by atoms with van der Waals surface area (Å²) < 4.78 is 12.8. The number of urea groups is 1. The highest BCUT2D eigenvalue weighted by atomic mass is 19.1. The highest BCUT2D eigenvalue weighted by Gasteiger charge is 2.01. The average Bonchev–Trinajstić information content (AvgIpc) is 2.22. The molecule has 16 heavy (non-hydrogen) atoms. The fourth-order valence-corrected chi connectivity index (χ4v) is 1.47. The van der Waals surface area contributed by atoms with Gasteiger partial charge in [0.1, 0.15) is 5.82 Å². The van der Waals surface area contributed by atoms with Gasteiger partial charge in [0.2, 0.25) is 0 Å². The number of carbonyl (C=O) groups is 1. The van der Waals surface area contributed by atoms with Gasteiger partial charge in [-0.25, -0.2) is 9.18 Å². The van der Waals surface area contributed by atoms with Gasteiger partial charge < -0.3 is 10.6 Å². The van der Waals surface area contributed by atoms with Crippen molar-refractivity contribution in [1.29, 1.82) is 0 Å². The quantitative estimate of drug-likeness (QED) is 0.807. The fourth-order valence-electron chi connectivity index (χ4n) is 1.47. The molecule has 2 amide bonds. The third-order valence-corrected chi connectivity index (χ3v) is 2.32. The van der Waals surface area contributed by atoms with E-state index in [2.05, 4.69) is 10.6 Å². The van der Waals surface area contributed by atoms with Crippen molar-refractivity contribution in [2.75, 3.05) is 13.1 Å². The number of amides is 2. The van der Waals surface area contributed by atoms with Crippen LogP contribution < -0.4 is 10.6 Å². The van der Waals surface area contributed by atoms with Crippen molar-refractivity contribution in [3.05, 3.63) is 35.1 Å². The van der Waals surface area contributed by atoms with Crippen LogP contribution in [-0.2, 0) is 6.42 Å². The number of benzene rings is 1. The van der Waals surface area contributed by atoms with E-state index in [1.165, 1.54) is 12.1 Å². The van der Waals surface area contributed by atoms with Gasteiger partial charge in [-0.1, -0.05) is 6.07 Å². The molecule has 0 aliphatic carbocycles.